The largest absolute Gasteiger partial charge is 0.240 e. The first-order valence-electron chi connectivity index (χ1n) is 6.05. The van der Waals surface area contributed by atoms with E-state index in [1.165, 1.54) is 5.56 Å². The molecule has 0 aliphatic carbocycles. The summed E-state index contributed by atoms with van der Waals surface area (Å²) in [6.07, 6.45) is 0. The molecule has 3 heteroatoms. The molecule has 1 heterocycles. The molecule has 0 amide bonds. The smallest absolute Gasteiger partial charge is 0.0971 e. The van der Waals surface area contributed by atoms with Crippen molar-refractivity contribution < 1.29 is 0 Å². The maximum atomic E-state index is 6.17. The highest BCUT2D eigenvalue weighted by atomic mass is 35.5. The lowest BCUT2D eigenvalue weighted by Crippen LogP contribution is -1.85. The zero-order chi connectivity index (χ0) is 13.1. The van der Waals surface area contributed by atoms with Crippen LogP contribution in [0.3, 0.4) is 0 Å². The van der Waals surface area contributed by atoms with Crippen LogP contribution >= 0.6 is 23.4 Å². The maximum Gasteiger partial charge on any atom is 0.0971 e. The van der Waals surface area contributed by atoms with Gasteiger partial charge < -0.3 is 0 Å². The number of halogens is 1. The zero-order valence-electron chi connectivity index (χ0n) is 10.2. The molecule has 3 rings (SSSR count). The maximum absolute atomic E-state index is 6.17. The van der Waals surface area contributed by atoms with Crippen molar-refractivity contribution in [1.29, 1.82) is 0 Å². The molecule has 19 heavy (non-hydrogen) atoms. The molecule has 0 N–H and O–H groups in total. The number of thioether (sulfide) groups is 1. The molecule has 0 unspecified atom stereocenters. The normalized spacial score (nSPS) is 10.8. The Bertz CT molecular complexity index is 697. The van der Waals surface area contributed by atoms with E-state index < -0.39 is 0 Å². The standard InChI is InChI=1S/C16H12ClNS/c17-14-8-4-7-13-9-10-15(18-16(13)14)19-11-12-5-2-1-3-6-12/h1-10H,11H2. The second-order valence-electron chi connectivity index (χ2n) is 4.24. The Morgan fingerprint density at radius 1 is 0.895 bits per heavy atom. The van der Waals surface area contributed by atoms with Crippen LogP contribution in [-0.4, -0.2) is 4.98 Å². The minimum atomic E-state index is 0.708. The highest BCUT2D eigenvalue weighted by Gasteiger charge is 2.03. The molecule has 2 aromatic carbocycles. The number of rotatable bonds is 3. The molecule has 0 aliphatic rings. The Morgan fingerprint density at radius 3 is 2.58 bits per heavy atom. The van der Waals surface area contributed by atoms with E-state index >= 15 is 0 Å². The minimum absolute atomic E-state index is 0.708. The molecule has 94 valence electrons. The fraction of sp³-hybridized carbons (Fsp3) is 0.0625. The Kier molecular flexibility index (Phi) is 3.72. The van der Waals surface area contributed by atoms with Gasteiger partial charge in [-0.25, -0.2) is 4.98 Å². The molecule has 3 aromatic rings. The Morgan fingerprint density at radius 2 is 1.74 bits per heavy atom. The number of pyridine rings is 1. The molecule has 0 spiro atoms. The predicted octanol–water partition coefficient (Wildman–Crippen LogP) is 5.18. The van der Waals surface area contributed by atoms with E-state index in [0.29, 0.717) is 5.02 Å². The van der Waals surface area contributed by atoms with E-state index in [0.717, 1.165) is 21.7 Å². The van der Waals surface area contributed by atoms with Gasteiger partial charge in [0.05, 0.1) is 15.6 Å². The van der Waals surface area contributed by atoms with E-state index in [1.54, 1.807) is 11.8 Å². The Hall–Kier alpha value is -1.51. The van der Waals surface area contributed by atoms with Crippen molar-refractivity contribution >= 4 is 34.3 Å². The lowest BCUT2D eigenvalue weighted by Gasteiger charge is -2.04. The molecule has 0 fully saturated rings. The van der Waals surface area contributed by atoms with Crippen LogP contribution in [0.4, 0.5) is 0 Å². The molecule has 0 saturated heterocycles. The van der Waals surface area contributed by atoms with Gasteiger partial charge in [-0.1, -0.05) is 60.1 Å². The molecular weight excluding hydrogens is 274 g/mol. The van der Waals surface area contributed by atoms with Crippen molar-refractivity contribution in [2.24, 2.45) is 0 Å². The number of hydrogen-bond acceptors (Lipinski definition) is 2. The SMILES string of the molecule is Clc1cccc2ccc(SCc3ccccc3)nc12. The van der Waals surface area contributed by atoms with Gasteiger partial charge in [0.2, 0.25) is 0 Å². The van der Waals surface area contributed by atoms with Gasteiger partial charge in [-0.15, -0.1) is 11.8 Å². The van der Waals surface area contributed by atoms with Gasteiger partial charge in [0, 0.05) is 11.1 Å². The highest BCUT2D eigenvalue weighted by molar-refractivity contribution is 7.98. The summed E-state index contributed by atoms with van der Waals surface area (Å²) < 4.78 is 0. The van der Waals surface area contributed by atoms with Crippen molar-refractivity contribution in [3.05, 3.63) is 71.2 Å². The highest BCUT2D eigenvalue weighted by Crippen LogP contribution is 2.26. The van der Waals surface area contributed by atoms with Gasteiger partial charge in [0.1, 0.15) is 0 Å². The van der Waals surface area contributed by atoms with E-state index in [9.17, 15) is 0 Å². The van der Waals surface area contributed by atoms with E-state index in [4.69, 9.17) is 11.6 Å². The average molecular weight is 286 g/mol. The molecular formula is C16H12ClNS. The van der Waals surface area contributed by atoms with Gasteiger partial charge in [-0.2, -0.15) is 0 Å². The lowest BCUT2D eigenvalue weighted by molar-refractivity contribution is 1.18. The van der Waals surface area contributed by atoms with Crippen molar-refractivity contribution in [3.8, 4) is 0 Å². The van der Waals surface area contributed by atoms with Crippen LogP contribution in [0.2, 0.25) is 5.02 Å². The topological polar surface area (TPSA) is 12.9 Å². The Labute approximate surface area is 121 Å². The molecule has 0 radical (unpaired) electrons. The monoisotopic (exact) mass is 285 g/mol. The Balaban J connectivity index is 1.84. The number of benzene rings is 2. The van der Waals surface area contributed by atoms with Gasteiger partial charge in [-0.05, 0) is 17.7 Å². The van der Waals surface area contributed by atoms with E-state index in [-0.39, 0.29) is 0 Å². The van der Waals surface area contributed by atoms with Gasteiger partial charge >= 0.3 is 0 Å². The molecule has 0 saturated carbocycles. The molecule has 0 bridgehead atoms. The van der Waals surface area contributed by atoms with Gasteiger partial charge in [0.15, 0.2) is 0 Å². The van der Waals surface area contributed by atoms with Crippen LogP contribution < -0.4 is 0 Å². The summed E-state index contributed by atoms with van der Waals surface area (Å²) in [6.45, 7) is 0. The third-order valence-corrected chi connectivity index (χ3v) is 4.18. The first-order chi connectivity index (χ1) is 9.33. The van der Waals surface area contributed by atoms with Gasteiger partial charge in [-0.3, -0.25) is 0 Å². The van der Waals surface area contributed by atoms with Crippen molar-refractivity contribution in [2.45, 2.75) is 10.8 Å². The fourth-order valence-electron chi connectivity index (χ4n) is 1.90. The summed E-state index contributed by atoms with van der Waals surface area (Å²) in [5, 5.41) is 2.79. The number of para-hydroxylation sites is 1. The number of aromatic nitrogens is 1. The van der Waals surface area contributed by atoms with Crippen LogP contribution in [-0.2, 0) is 5.75 Å². The van der Waals surface area contributed by atoms with Crippen LogP contribution in [0, 0.1) is 0 Å². The summed E-state index contributed by atoms with van der Waals surface area (Å²) in [5.41, 5.74) is 2.18. The number of hydrogen-bond donors (Lipinski definition) is 0. The molecule has 0 aliphatic heterocycles. The predicted molar refractivity (Wildman–Crippen MR) is 82.8 cm³/mol. The summed E-state index contributed by atoms with van der Waals surface area (Å²) >= 11 is 7.90. The third-order valence-electron chi connectivity index (χ3n) is 2.88. The summed E-state index contributed by atoms with van der Waals surface area (Å²) in [6, 6.07) is 20.4. The quantitative estimate of drug-likeness (QED) is 0.615. The summed E-state index contributed by atoms with van der Waals surface area (Å²) in [7, 11) is 0. The van der Waals surface area contributed by atoms with E-state index in [1.807, 2.05) is 30.3 Å². The number of nitrogens with zero attached hydrogens (tertiary/aromatic N) is 1. The van der Waals surface area contributed by atoms with Crippen molar-refractivity contribution in [1.82, 2.24) is 4.98 Å². The molecule has 1 nitrogen and oxygen atoms in total. The molecule has 1 aromatic heterocycles. The number of fused-ring (bicyclic) bond motifs is 1. The second kappa shape index (κ2) is 5.64. The van der Waals surface area contributed by atoms with Crippen LogP contribution in [0.1, 0.15) is 5.56 Å². The zero-order valence-corrected chi connectivity index (χ0v) is 11.8. The second-order valence-corrected chi connectivity index (χ2v) is 5.64. The van der Waals surface area contributed by atoms with Crippen LogP contribution in [0.5, 0.6) is 0 Å². The summed E-state index contributed by atoms with van der Waals surface area (Å²) in [5.74, 6) is 0.920. The van der Waals surface area contributed by atoms with Crippen molar-refractivity contribution in [3.63, 3.8) is 0 Å². The first-order valence-corrected chi connectivity index (χ1v) is 7.41. The van der Waals surface area contributed by atoms with E-state index in [2.05, 4.69) is 35.3 Å². The van der Waals surface area contributed by atoms with Crippen LogP contribution in [0.15, 0.2) is 65.7 Å². The van der Waals surface area contributed by atoms with Gasteiger partial charge in [0.25, 0.3) is 0 Å². The van der Waals surface area contributed by atoms with Crippen molar-refractivity contribution in [2.75, 3.05) is 0 Å². The fourth-order valence-corrected chi connectivity index (χ4v) is 2.96. The lowest BCUT2D eigenvalue weighted by atomic mass is 10.2. The minimum Gasteiger partial charge on any atom is -0.240 e. The first kappa shape index (κ1) is 12.5. The summed E-state index contributed by atoms with van der Waals surface area (Å²) in [4.78, 5) is 4.62. The van der Waals surface area contributed by atoms with Crippen LogP contribution in [0.25, 0.3) is 10.9 Å². The average Bonchev–Trinajstić information content (AvgIpc) is 2.47. The third kappa shape index (κ3) is 2.91. The molecule has 0 atom stereocenters.